The lowest BCUT2D eigenvalue weighted by atomic mass is 10.0. The topological polar surface area (TPSA) is 81.5 Å². The van der Waals surface area contributed by atoms with Crippen molar-refractivity contribution in [1.29, 1.82) is 0 Å². The van der Waals surface area contributed by atoms with Crippen LogP contribution in [0.5, 0.6) is 5.75 Å². The Morgan fingerprint density at radius 2 is 1.76 bits per heavy atom. The summed E-state index contributed by atoms with van der Waals surface area (Å²) in [6.45, 7) is 7.49. The van der Waals surface area contributed by atoms with Crippen LogP contribution in [0, 0.1) is 17.0 Å². The molecular weight excluding hydrogens is 320 g/mol. The van der Waals surface area contributed by atoms with Crippen molar-refractivity contribution < 1.29 is 14.5 Å². The SMILES string of the molecule is Cc1ccc(NC(=O)C(C)Oc2ccc(C(C)C)cc2)cc1[N+](=O)[O-]. The molecule has 0 spiro atoms. The third kappa shape index (κ3) is 4.79. The Morgan fingerprint density at radius 1 is 1.12 bits per heavy atom. The third-order valence-electron chi connectivity index (χ3n) is 3.90. The van der Waals surface area contributed by atoms with Crippen molar-refractivity contribution in [1.82, 2.24) is 0 Å². The lowest BCUT2D eigenvalue weighted by molar-refractivity contribution is -0.385. The van der Waals surface area contributed by atoms with Crippen LogP contribution in [-0.2, 0) is 4.79 Å². The standard InChI is InChI=1S/C19H22N2O4/c1-12(2)15-6-9-17(10-7-15)25-14(4)19(22)20-16-8-5-13(3)18(11-16)21(23)24/h5-12,14H,1-4H3,(H,20,22). The molecule has 1 unspecified atom stereocenters. The predicted octanol–water partition coefficient (Wildman–Crippen LogP) is 4.43. The van der Waals surface area contributed by atoms with Gasteiger partial charge in [0, 0.05) is 17.3 Å². The molecule has 0 heterocycles. The molecule has 0 aliphatic heterocycles. The number of carbonyl (C=O) groups is 1. The summed E-state index contributed by atoms with van der Waals surface area (Å²) in [5.41, 5.74) is 2.07. The van der Waals surface area contributed by atoms with Gasteiger partial charge in [0.15, 0.2) is 6.10 Å². The molecule has 0 radical (unpaired) electrons. The number of hydrogen-bond acceptors (Lipinski definition) is 4. The zero-order valence-electron chi connectivity index (χ0n) is 14.8. The molecule has 0 saturated carbocycles. The average Bonchev–Trinajstić information content (AvgIpc) is 2.56. The zero-order chi connectivity index (χ0) is 18.6. The number of nitrogens with one attached hydrogen (secondary N) is 1. The number of carbonyl (C=O) groups excluding carboxylic acids is 1. The number of aryl methyl sites for hydroxylation is 1. The first-order valence-electron chi connectivity index (χ1n) is 8.10. The van der Waals surface area contributed by atoms with Gasteiger partial charge in [-0.15, -0.1) is 0 Å². The Labute approximate surface area is 147 Å². The number of benzene rings is 2. The van der Waals surface area contributed by atoms with Crippen LogP contribution in [0.1, 0.15) is 37.8 Å². The molecule has 1 amide bonds. The van der Waals surface area contributed by atoms with E-state index < -0.39 is 11.0 Å². The van der Waals surface area contributed by atoms with Gasteiger partial charge < -0.3 is 10.1 Å². The van der Waals surface area contributed by atoms with Crippen LogP contribution in [0.25, 0.3) is 0 Å². The van der Waals surface area contributed by atoms with Crippen molar-refractivity contribution in [3.05, 3.63) is 63.7 Å². The average molecular weight is 342 g/mol. The number of ether oxygens (including phenoxy) is 1. The molecule has 2 rings (SSSR count). The van der Waals surface area contributed by atoms with Crippen molar-refractivity contribution in [3.63, 3.8) is 0 Å². The van der Waals surface area contributed by atoms with Gasteiger partial charge in [-0.3, -0.25) is 14.9 Å². The van der Waals surface area contributed by atoms with Crippen LogP contribution in [-0.4, -0.2) is 16.9 Å². The second kappa shape index (κ2) is 7.79. The number of hydrogen-bond donors (Lipinski definition) is 1. The van der Waals surface area contributed by atoms with E-state index in [0.29, 0.717) is 22.9 Å². The zero-order valence-corrected chi connectivity index (χ0v) is 14.8. The van der Waals surface area contributed by atoms with E-state index in [2.05, 4.69) is 19.2 Å². The lowest BCUT2D eigenvalue weighted by Crippen LogP contribution is -2.30. The molecule has 25 heavy (non-hydrogen) atoms. The number of nitro groups is 1. The van der Waals surface area contributed by atoms with E-state index in [1.54, 1.807) is 26.0 Å². The normalized spacial score (nSPS) is 11.9. The molecule has 0 aromatic heterocycles. The molecule has 2 aromatic rings. The van der Waals surface area contributed by atoms with Gasteiger partial charge in [-0.05, 0) is 43.5 Å². The molecule has 0 aliphatic rings. The van der Waals surface area contributed by atoms with E-state index in [9.17, 15) is 14.9 Å². The maximum absolute atomic E-state index is 12.3. The van der Waals surface area contributed by atoms with Gasteiger partial charge in [-0.25, -0.2) is 0 Å². The molecule has 6 nitrogen and oxygen atoms in total. The highest BCUT2D eigenvalue weighted by Crippen LogP contribution is 2.23. The fourth-order valence-electron chi connectivity index (χ4n) is 2.32. The van der Waals surface area contributed by atoms with Gasteiger partial charge in [0.2, 0.25) is 0 Å². The van der Waals surface area contributed by atoms with Gasteiger partial charge in [0.05, 0.1) is 4.92 Å². The summed E-state index contributed by atoms with van der Waals surface area (Å²) in [6, 6.07) is 12.2. The summed E-state index contributed by atoms with van der Waals surface area (Å²) in [7, 11) is 0. The molecule has 6 heteroatoms. The van der Waals surface area contributed by atoms with Gasteiger partial charge >= 0.3 is 0 Å². The van der Waals surface area contributed by atoms with Crippen LogP contribution in [0.15, 0.2) is 42.5 Å². The molecule has 2 aromatic carbocycles. The first-order valence-corrected chi connectivity index (χ1v) is 8.10. The molecule has 1 atom stereocenters. The van der Waals surface area contributed by atoms with Gasteiger partial charge in [0.1, 0.15) is 5.75 Å². The molecule has 0 bridgehead atoms. The first kappa shape index (κ1) is 18.4. The number of amides is 1. The summed E-state index contributed by atoms with van der Waals surface area (Å²) in [6.07, 6.45) is -0.731. The third-order valence-corrected chi connectivity index (χ3v) is 3.90. The predicted molar refractivity (Wildman–Crippen MR) is 97.1 cm³/mol. The van der Waals surface area contributed by atoms with Crippen LogP contribution in [0.3, 0.4) is 0 Å². The van der Waals surface area contributed by atoms with Crippen LogP contribution >= 0.6 is 0 Å². The largest absolute Gasteiger partial charge is 0.481 e. The summed E-state index contributed by atoms with van der Waals surface area (Å²) >= 11 is 0. The minimum Gasteiger partial charge on any atom is -0.481 e. The molecule has 0 aliphatic carbocycles. The van der Waals surface area contributed by atoms with E-state index in [1.165, 1.54) is 11.6 Å². The van der Waals surface area contributed by atoms with Gasteiger partial charge in [-0.1, -0.05) is 32.0 Å². The lowest BCUT2D eigenvalue weighted by Gasteiger charge is -2.15. The van der Waals surface area contributed by atoms with Crippen molar-refractivity contribution in [2.24, 2.45) is 0 Å². The number of anilines is 1. The van der Waals surface area contributed by atoms with Gasteiger partial charge in [-0.2, -0.15) is 0 Å². The second-order valence-corrected chi connectivity index (χ2v) is 6.23. The fourth-order valence-corrected chi connectivity index (χ4v) is 2.32. The van der Waals surface area contributed by atoms with Crippen LogP contribution in [0.4, 0.5) is 11.4 Å². The van der Waals surface area contributed by atoms with E-state index >= 15 is 0 Å². The Hall–Kier alpha value is -2.89. The van der Waals surface area contributed by atoms with Gasteiger partial charge in [0.25, 0.3) is 11.6 Å². The Bertz CT molecular complexity index is 769. The van der Waals surface area contributed by atoms with Crippen molar-refractivity contribution in [3.8, 4) is 5.75 Å². The summed E-state index contributed by atoms with van der Waals surface area (Å²) < 4.78 is 5.64. The Kier molecular flexibility index (Phi) is 5.75. The molecule has 0 fully saturated rings. The first-order chi connectivity index (χ1) is 11.8. The number of nitro benzene ring substituents is 1. The highest BCUT2D eigenvalue weighted by Gasteiger charge is 2.17. The van der Waals surface area contributed by atoms with E-state index in [1.807, 2.05) is 24.3 Å². The molecular formula is C19H22N2O4. The smallest absolute Gasteiger partial charge is 0.274 e. The summed E-state index contributed by atoms with van der Waals surface area (Å²) in [5.74, 6) is 0.653. The van der Waals surface area contributed by atoms with Crippen molar-refractivity contribution >= 4 is 17.3 Å². The number of rotatable bonds is 6. The summed E-state index contributed by atoms with van der Waals surface area (Å²) in [5, 5.41) is 13.6. The fraction of sp³-hybridized carbons (Fsp3) is 0.316. The minimum absolute atomic E-state index is 0.0318. The van der Waals surface area contributed by atoms with E-state index in [4.69, 9.17) is 4.74 Å². The highest BCUT2D eigenvalue weighted by molar-refractivity contribution is 5.94. The monoisotopic (exact) mass is 342 g/mol. The van der Waals surface area contributed by atoms with Crippen LogP contribution in [0.2, 0.25) is 0 Å². The highest BCUT2D eigenvalue weighted by atomic mass is 16.6. The Balaban J connectivity index is 2.03. The molecule has 0 saturated heterocycles. The van der Waals surface area contributed by atoms with E-state index in [-0.39, 0.29) is 11.6 Å². The van der Waals surface area contributed by atoms with Crippen LogP contribution < -0.4 is 10.1 Å². The molecule has 1 N–H and O–H groups in total. The second-order valence-electron chi connectivity index (χ2n) is 6.23. The van der Waals surface area contributed by atoms with Crippen molar-refractivity contribution in [2.75, 3.05) is 5.32 Å². The summed E-state index contributed by atoms with van der Waals surface area (Å²) in [4.78, 5) is 22.8. The minimum atomic E-state index is -0.731. The number of nitrogens with zero attached hydrogens (tertiary/aromatic N) is 1. The maximum Gasteiger partial charge on any atom is 0.274 e. The Morgan fingerprint density at radius 3 is 2.32 bits per heavy atom. The van der Waals surface area contributed by atoms with Crippen molar-refractivity contribution in [2.45, 2.75) is 39.7 Å². The quantitative estimate of drug-likeness (QED) is 0.622. The van der Waals surface area contributed by atoms with E-state index in [0.717, 1.165) is 0 Å². The molecule has 132 valence electrons. The maximum atomic E-state index is 12.3.